The molecule has 0 saturated heterocycles. The number of hydrogen-bond donors (Lipinski definition) is 5. The molecular formula is C42H86O15P3-. The lowest BCUT2D eigenvalue weighted by Crippen LogP contribution is -2.30. The first-order valence-electron chi connectivity index (χ1n) is 23.2. The van der Waals surface area contributed by atoms with Crippen LogP contribution in [0.1, 0.15) is 227 Å². The smallest absolute Gasteiger partial charge is 0.369 e. The first kappa shape index (κ1) is 61.4. The molecule has 0 aliphatic heterocycles. The van der Waals surface area contributed by atoms with E-state index in [1.54, 1.807) is 6.92 Å². The Labute approximate surface area is 363 Å². The maximum atomic E-state index is 12.5. The van der Waals surface area contributed by atoms with Crippen LogP contribution >= 0.6 is 23.0 Å². The van der Waals surface area contributed by atoms with Crippen molar-refractivity contribution in [3.63, 3.8) is 0 Å². The minimum Gasteiger partial charge on any atom is -0.756 e. The zero-order valence-corrected chi connectivity index (χ0v) is 40.5. The van der Waals surface area contributed by atoms with E-state index >= 15 is 0 Å². The second kappa shape index (κ2) is 38.7. The van der Waals surface area contributed by atoms with Crippen LogP contribution in [-0.2, 0) is 41.8 Å². The predicted molar refractivity (Wildman–Crippen MR) is 235 cm³/mol. The predicted octanol–water partition coefficient (Wildman–Crippen LogP) is 11.1. The molecule has 0 aliphatic carbocycles. The van der Waals surface area contributed by atoms with Crippen molar-refractivity contribution < 1.29 is 71.4 Å². The number of phosphoric acid groups is 1. The number of ether oxygens (including phenoxy) is 2. The van der Waals surface area contributed by atoms with Crippen LogP contribution in [0.3, 0.4) is 0 Å². The van der Waals surface area contributed by atoms with Crippen molar-refractivity contribution in [1.82, 2.24) is 0 Å². The molecule has 0 aromatic carbocycles. The molecule has 15 nitrogen and oxygen atoms in total. The number of rotatable bonds is 41. The summed E-state index contributed by atoms with van der Waals surface area (Å²) < 4.78 is 53.8. The second-order valence-corrected chi connectivity index (χ2v) is 21.4. The first-order chi connectivity index (χ1) is 28.4. The van der Waals surface area contributed by atoms with Crippen LogP contribution < -0.4 is 4.89 Å². The van der Waals surface area contributed by atoms with Crippen LogP contribution in [-0.4, -0.2) is 67.6 Å². The fourth-order valence-electron chi connectivity index (χ4n) is 6.40. The molecule has 2 unspecified atom stereocenters. The summed E-state index contributed by atoms with van der Waals surface area (Å²) >= 11 is 0. The van der Waals surface area contributed by atoms with Gasteiger partial charge in [0.2, 0.25) is 0 Å². The molecule has 5 N–H and O–H groups in total. The molecule has 0 saturated carbocycles. The normalized spacial score (nSPS) is 13.6. The third kappa shape index (κ3) is 35.7. The summed E-state index contributed by atoms with van der Waals surface area (Å²) in [6, 6.07) is 0. The van der Waals surface area contributed by atoms with E-state index in [0.29, 0.717) is 12.8 Å². The lowest BCUT2D eigenvalue weighted by molar-refractivity contribution is -0.228. The van der Waals surface area contributed by atoms with Crippen molar-refractivity contribution >= 4 is 35.0 Å². The van der Waals surface area contributed by atoms with E-state index in [0.717, 1.165) is 32.1 Å². The number of phosphoric ester groups is 1. The van der Waals surface area contributed by atoms with Gasteiger partial charge in [0.1, 0.15) is 6.61 Å². The lowest BCUT2D eigenvalue weighted by Gasteiger charge is -2.28. The molecule has 0 amide bonds. The van der Waals surface area contributed by atoms with Crippen molar-refractivity contribution in [2.75, 3.05) is 19.8 Å². The highest BCUT2D eigenvalue weighted by molar-refractivity contribution is 7.72. The standard InChI is InChI=1S/C38H75O8P.C4H12O7P2/c1-4-7-9-11-13-15-17-19-21-23-25-27-29-31-37(39)43-34-36(35-45-47(41,42)44-33-6-3)46-38(40)32-30-28-26-24-22-20-18-16-14-12-10-8-5-2;1-2-3-4(5,12(6,7)8)13(9,10)11/h36H,4-35H2,1-3H3,(H,41,42);5H,2-3H2,1H3,(H2,6,7,8)(H2,9,10,11)/p-1. The zero-order chi connectivity index (χ0) is 45.6. The molecule has 0 bridgehead atoms. The quantitative estimate of drug-likeness (QED) is 0.0217. The lowest BCUT2D eigenvalue weighted by atomic mass is 10.0. The van der Waals surface area contributed by atoms with Crippen LogP contribution in [0.25, 0.3) is 0 Å². The third-order valence-corrected chi connectivity index (χ3v) is 14.9. The Morgan fingerprint density at radius 3 is 1.17 bits per heavy atom. The highest BCUT2D eigenvalue weighted by atomic mass is 31.2. The SMILES string of the molecule is CCCC(O)(P(=O)(O)O)P(=O)(O)O.CCCCCCCCCCCCCCCC(=O)OCC(COP(=O)([O-])OCCC)OC(=O)CCCCCCCCCCCCCCC. The molecule has 60 heavy (non-hydrogen) atoms. The van der Waals surface area contributed by atoms with E-state index in [9.17, 15) is 28.2 Å². The average molecular weight is 924 g/mol. The summed E-state index contributed by atoms with van der Waals surface area (Å²) in [5.74, 6) is -0.817. The maximum Gasteiger partial charge on any atom is 0.369 e. The van der Waals surface area contributed by atoms with Gasteiger partial charge in [-0.25, -0.2) is 0 Å². The summed E-state index contributed by atoms with van der Waals surface area (Å²) in [6.07, 6.45) is 31.2. The van der Waals surface area contributed by atoms with E-state index < -0.39 is 53.2 Å². The van der Waals surface area contributed by atoms with Crippen LogP contribution in [0.4, 0.5) is 0 Å². The molecule has 0 aromatic rings. The minimum atomic E-state index is -5.23. The molecule has 0 rings (SSSR count). The molecule has 360 valence electrons. The van der Waals surface area contributed by atoms with Crippen LogP contribution in [0.2, 0.25) is 0 Å². The monoisotopic (exact) mass is 924 g/mol. The number of esters is 2. The van der Waals surface area contributed by atoms with Gasteiger partial charge in [0.25, 0.3) is 12.9 Å². The van der Waals surface area contributed by atoms with Gasteiger partial charge in [-0.3, -0.25) is 23.3 Å². The van der Waals surface area contributed by atoms with Gasteiger partial charge >= 0.3 is 27.1 Å². The second-order valence-electron chi connectivity index (χ2n) is 16.0. The van der Waals surface area contributed by atoms with Crippen molar-refractivity contribution in [3.8, 4) is 0 Å². The summed E-state index contributed by atoms with van der Waals surface area (Å²) in [6.45, 7) is 7.05. The largest absolute Gasteiger partial charge is 0.756 e. The summed E-state index contributed by atoms with van der Waals surface area (Å²) in [5, 5.41) is 5.92. The Kier molecular flexibility index (Phi) is 39.6. The van der Waals surface area contributed by atoms with Gasteiger partial charge < -0.3 is 48.1 Å². The van der Waals surface area contributed by atoms with Crippen LogP contribution in [0.15, 0.2) is 0 Å². The number of aliphatic hydroxyl groups is 1. The summed E-state index contributed by atoms with van der Waals surface area (Å²) in [4.78, 5) is 71.1. The Hall–Kier alpha value is -0.690. The number of carbonyl (C=O) groups excluding carboxylic acids is 2. The van der Waals surface area contributed by atoms with E-state index in [2.05, 4.69) is 13.8 Å². The van der Waals surface area contributed by atoms with Crippen molar-refractivity contribution in [3.05, 3.63) is 0 Å². The molecule has 0 aliphatic rings. The molecule has 0 fully saturated rings. The average Bonchev–Trinajstić information content (AvgIpc) is 3.18. The van der Waals surface area contributed by atoms with E-state index in [1.807, 2.05) is 0 Å². The van der Waals surface area contributed by atoms with Gasteiger partial charge in [-0.15, -0.1) is 0 Å². The van der Waals surface area contributed by atoms with Gasteiger partial charge in [-0.2, -0.15) is 0 Å². The first-order valence-corrected chi connectivity index (χ1v) is 27.9. The number of unbranched alkanes of at least 4 members (excludes halogenated alkanes) is 24. The van der Waals surface area contributed by atoms with Crippen molar-refractivity contribution in [2.45, 2.75) is 238 Å². The minimum absolute atomic E-state index is 0.0123. The van der Waals surface area contributed by atoms with Gasteiger partial charge in [-0.05, 0) is 25.7 Å². The molecule has 2 atom stereocenters. The Balaban J connectivity index is 0. The van der Waals surface area contributed by atoms with E-state index in [1.165, 1.54) is 135 Å². The van der Waals surface area contributed by atoms with E-state index in [-0.39, 0.29) is 38.4 Å². The van der Waals surface area contributed by atoms with Gasteiger partial charge in [-0.1, -0.05) is 188 Å². The number of carbonyl (C=O) groups is 2. The van der Waals surface area contributed by atoms with Gasteiger partial charge in [0, 0.05) is 12.8 Å². The fraction of sp³-hybridized carbons (Fsp3) is 0.952. The number of hydrogen-bond acceptors (Lipinski definition) is 11. The zero-order valence-electron chi connectivity index (χ0n) is 37.8. The van der Waals surface area contributed by atoms with E-state index in [4.69, 9.17) is 43.2 Å². The molecular weight excluding hydrogens is 837 g/mol. The Morgan fingerprint density at radius 2 is 0.850 bits per heavy atom. The molecule has 0 aromatic heterocycles. The van der Waals surface area contributed by atoms with Crippen LogP contribution in [0.5, 0.6) is 0 Å². The van der Waals surface area contributed by atoms with Gasteiger partial charge in [0.05, 0.1) is 13.2 Å². The third-order valence-electron chi connectivity index (χ3n) is 10.1. The van der Waals surface area contributed by atoms with Crippen molar-refractivity contribution in [2.24, 2.45) is 0 Å². The van der Waals surface area contributed by atoms with Crippen LogP contribution in [0, 0.1) is 0 Å². The highest BCUT2D eigenvalue weighted by Crippen LogP contribution is 2.69. The van der Waals surface area contributed by atoms with Crippen molar-refractivity contribution in [1.29, 1.82) is 0 Å². The maximum absolute atomic E-state index is 12.5. The highest BCUT2D eigenvalue weighted by Gasteiger charge is 2.58. The topological polar surface area (TPSA) is 246 Å². The summed E-state index contributed by atoms with van der Waals surface area (Å²) in [5.41, 5.74) is 0. The molecule has 0 radical (unpaired) electrons. The molecule has 18 heteroatoms. The molecule has 0 heterocycles. The van der Waals surface area contributed by atoms with Gasteiger partial charge in [0.15, 0.2) is 6.10 Å². The summed E-state index contributed by atoms with van der Waals surface area (Å²) in [7, 11) is -15.0. The Bertz CT molecular complexity index is 1160. The molecule has 0 spiro atoms. The Morgan fingerprint density at radius 1 is 0.500 bits per heavy atom. The fourth-order valence-corrected chi connectivity index (χ4v) is 9.62.